The summed E-state index contributed by atoms with van der Waals surface area (Å²) in [5.41, 5.74) is 5.42. The SMILES string of the molecule is Cn1c(=O)cc(N2NC(=O)CC2c2ccccc2)c2ccccc21. The van der Waals surface area contributed by atoms with Crippen LogP contribution in [0, 0.1) is 0 Å². The number of amides is 1. The van der Waals surface area contributed by atoms with Crippen LogP contribution in [0.4, 0.5) is 5.69 Å². The fraction of sp³-hybridized carbons (Fsp3) is 0.158. The molecule has 1 aromatic heterocycles. The van der Waals surface area contributed by atoms with Crippen LogP contribution >= 0.6 is 0 Å². The molecule has 4 rings (SSSR count). The third kappa shape index (κ3) is 2.25. The zero-order chi connectivity index (χ0) is 16.7. The molecule has 2 aromatic carbocycles. The Morgan fingerprint density at radius 2 is 1.71 bits per heavy atom. The van der Waals surface area contributed by atoms with E-state index in [9.17, 15) is 9.59 Å². The van der Waals surface area contributed by atoms with Gasteiger partial charge in [-0.15, -0.1) is 0 Å². The number of rotatable bonds is 2. The van der Waals surface area contributed by atoms with E-state index < -0.39 is 0 Å². The lowest BCUT2D eigenvalue weighted by Gasteiger charge is -2.27. The Bertz CT molecular complexity index is 979. The van der Waals surface area contributed by atoms with Gasteiger partial charge in [0, 0.05) is 18.5 Å². The van der Waals surface area contributed by atoms with Gasteiger partial charge in [0.2, 0.25) is 5.91 Å². The van der Waals surface area contributed by atoms with Crippen molar-refractivity contribution in [2.45, 2.75) is 12.5 Å². The average Bonchev–Trinajstić information content (AvgIpc) is 3.00. The lowest BCUT2D eigenvalue weighted by Crippen LogP contribution is -2.36. The fourth-order valence-electron chi connectivity index (χ4n) is 3.29. The minimum atomic E-state index is -0.130. The molecule has 1 amide bonds. The third-order valence-electron chi connectivity index (χ3n) is 4.51. The van der Waals surface area contributed by atoms with Gasteiger partial charge in [-0.05, 0) is 11.6 Å². The molecular weight excluding hydrogens is 302 g/mol. The van der Waals surface area contributed by atoms with Crippen molar-refractivity contribution in [2.75, 3.05) is 5.01 Å². The number of hydrazine groups is 1. The zero-order valence-electron chi connectivity index (χ0n) is 13.3. The predicted octanol–water partition coefficient (Wildman–Crippen LogP) is 2.52. The second kappa shape index (κ2) is 5.53. The summed E-state index contributed by atoms with van der Waals surface area (Å²) >= 11 is 0. The molecule has 2 heterocycles. The van der Waals surface area contributed by atoms with Crippen LogP contribution in [0.3, 0.4) is 0 Å². The van der Waals surface area contributed by atoms with Gasteiger partial charge in [-0.2, -0.15) is 0 Å². The highest BCUT2D eigenvalue weighted by Crippen LogP contribution is 2.35. The summed E-state index contributed by atoms with van der Waals surface area (Å²) in [4.78, 5) is 24.4. The lowest BCUT2D eigenvalue weighted by molar-refractivity contribution is -0.119. The van der Waals surface area contributed by atoms with Crippen molar-refractivity contribution >= 4 is 22.5 Å². The van der Waals surface area contributed by atoms with Crippen LogP contribution in [-0.4, -0.2) is 10.5 Å². The minimum Gasteiger partial charge on any atom is -0.311 e. The molecule has 1 aliphatic heterocycles. The summed E-state index contributed by atoms with van der Waals surface area (Å²) in [7, 11) is 1.76. The van der Waals surface area contributed by atoms with E-state index in [4.69, 9.17) is 0 Å². The molecule has 120 valence electrons. The number of carbonyl (C=O) groups is 1. The average molecular weight is 319 g/mol. The number of carbonyl (C=O) groups excluding carboxylic acids is 1. The minimum absolute atomic E-state index is 0.0476. The molecular formula is C19H17N3O2. The normalized spacial score (nSPS) is 17.3. The molecule has 0 radical (unpaired) electrons. The summed E-state index contributed by atoms with van der Waals surface area (Å²) in [5, 5.41) is 2.75. The molecule has 0 bridgehead atoms. The quantitative estimate of drug-likeness (QED) is 0.790. The molecule has 24 heavy (non-hydrogen) atoms. The molecule has 1 saturated heterocycles. The predicted molar refractivity (Wildman–Crippen MR) is 93.6 cm³/mol. The summed E-state index contributed by atoms with van der Waals surface area (Å²) in [6.07, 6.45) is 0.369. The van der Waals surface area contributed by atoms with Gasteiger partial charge in [-0.25, -0.2) is 0 Å². The number of benzene rings is 2. The Hall–Kier alpha value is -3.08. The molecule has 1 N–H and O–H groups in total. The Balaban J connectivity index is 1.91. The van der Waals surface area contributed by atoms with E-state index in [-0.39, 0.29) is 17.5 Å². The molecule has 5 heteroatoms. The maximum absolute atomic E-state index is 12.4. The maximum atomic E-state index is 12.4. The van der Waals surface area contributed by atoms with E-state index in [1.165, 1.54) is 0 Å². The molecule has 1 aliphatic rings. The van der Waals surface area contributed by atoms with E-state index >= 15 is 0 Å². The monoisotopic (exact) mass is 319 g/mol. The number of pyridine rings is 1. The molecule has 0 spiro atoms. The van der Waals surface area contributed by atoms with E-state index in [1.54, 1.807) is 17.7 Å². The first-order chi connectivity index (χ1) is 11.6. The van der Waals surface area contributed by atoms with Crippen molar-refractivity contribution in [3.8, 4) is 0 Å². The number of anilines is 1. The van der Waals surface area contributed by atoms with Crippen molar-refractivity contribution in [1.29, 1.82) is 0 Å². The van der Waals surface area contributed by atoms with E-state index in [0.29, 0.717) is 6.42 Å². The van der Waals surface area contributed by atoms with Crippen LogP contribution < -0.4 is 16.0 Å². The smallest absolute Gasteiger partial charge is 0.252 e. The van der Waals surface area contributed by atoms with Crippen LogP contribution in [0.1, 0.15) is 18.0 Å². The number of para-hydroxylation sites is 1. The van der Waals surface area contributed by atoms with Gasteiger partial charge in [0.15, 0.2) is 0 Å². The largest absolute Gasteiger partial charge is 0.311 e. The van der Waals surface area contributed by atoms with E-state index in [1.807, 2.05) is 59.6 Å². The first-order valence-corrected chi connectivity index (χ1v) is 7.87. The number of nitrogens with zero attached hydrogens (tertiary/aromatic N) is 2. The van der Waals surface area contributed by atoms with Crippen molar-refractivity contribution in [1.82, 2.24) is 9.99 Å². The van der Waals surface area contributed by atoms with E-state index in [2.05, 4.69) is 5.43 Å². The van der Waals surface area contributed by atoms with Crippen molar-refractivity contribution < 1.29 is 4.79 Å². The zero-order valence-corrected chi connectivity index (χ0v) is 13.3. The highest BCUT2D eigenvalue weighted by molar-refractivity contribution is 5.94. The van der Waals surface area contributed by atoms with Gasteiger partial charge >= 0.3 is 0 Å². The van der Waals surface area contributed by atoms with Gasteiger partial charge in [0.1, 0.15) is 0 Å². The second-order valence-corrected chi connectivity index (χ2v) is 5.98. The summed E-state index contributed by atoms with van der Waals surface area (Å²) in [6, 6.07) is 19.0. The third-order valence-corrected chi connectivity index (χ3v) is 4.51. The second-order valence-electron chi connectivity index (χ2n) is 5.98. The first kappa shape index (κ1) is 14.5. The number of fused-ring (bicyclic) bond motifs is 1. The van der Waals surface area contributed by atoms with Gasteiger partial charge < -0.3 is 4.57 Å². The van der Waals surface area contributed by atoms with Gasteiger partial charge in [-0.1, -0.05) is 48.5 Å². The molecule has 3 aromatic rings. The Labute approximate surface area is 139 Å². The Kier molecular flexibility index (Phi) is 3.34. The van der Waals surface area contributed by atoms with Crippen molar-refractivity contribution in [3.63, 3.8) is 0 Å². The van der Waals surface area contributed by atoms with Gasteiger partial charge in [0.25, 0.3) is 5.56 Å². The number of nitrogens with one attached hydrogen (secondary N) is 1. The Morgan fingerprint density at radius 1 is 1.00 bits per heavy atom. The van der Waals surface area contributed by atoms with Crippen molar-refractivity contribution in [2.24, 2.45) is 7.05 Å². The number of hydrogen-bond donors (Lipinski definition) is 1. The summed E-state index contributed by atoms with van der Waals surface area (Å²) < 4.78 is 1.62. The van der Waals surface area contributed by atoms with Gasteiger partial charge in [-0.3, -0.25) is 20.0 Å². The maximum Gasteiger partial charge on any atom is 0.252 e. The van der Waals surface area contributed by atoms with Crippen LogP contribution in [-0.2, 0) is 11.8 Å². The molecule has 0 saturated carbocycles. The van der Waals surface area contributed by atoms with Crippen molar-refractivity contribution in [3.05, 3.63) is 76.6 Å². The molecule has 1 unspecified atom stereocenters. The molecule has 0 aliphatic carbocycles. The highest BCUT2D eigenvalue weighted by Gasteiger charge is 2.33. The number of aromatic nitrogens is 1. The fourth-order valence-corrected chi connectivity index (χ4v) is 3.29. The van der Waals surface area contributed by atoms with Crippen LogP contribution in [0.15, 0.2) is 65.5 Å². The number of aryl methyl sites for hydroxylation is 1. The molecule has 1 atom stereocenters. The summed E-state index contributed by atoms with van der Waals surface area (Å²) in [6.45, 7) is 0. The molecule has 5 nitrogen and oxygen atoms in total. The molecule has 1 fully saturated rings. The lowest BCUT2D eigenvalue weighted by atomic mass is 10.0. The van der Waals surface area contributed by atoms with E-state index in [0.717, 1.165) is 22.2 Å². The topological polar surface area (TPSA) is 54.3 Å². The summed E-state index contributed by atoms with van der Waals surface area (Å²) in [5.74, 6) is -0.0476. The highest BCUT2D eigenvalue weighted by atomic mass is 16.2. The van der Waals surface area contributed by atoms with Gasteiger partial charge in [0.05, 0.1) is 23.7 Å². The van der Waals surface area contributed by atoms with Crippen LogP contribution in [0.5, 0.6) is 0 Å². The standard InChI is InChI=1S/C19H17N3O2/c1-21-15-10-6-5-9-14(15)17(12-19(21)24)22-16(11-18(23)20-22)13-7-3-2-4-8-13/h2-10,12,16H,11H2,1H3,(H,20,23). The van der Waals surface area contributed by atoms with Crippen LogP contribution in [0.25, 0.3) is 10.9 Å². The first-order valence-electron chi connectivity index (χ1n) is 7.87. The Morgan fingerprint density at radius 3 is 2.50 bits per heavy atom. The number of hydrogen-bond acceptors (Lipinski definition) is 3. The van der Waals surface area contributed by atoms with Crippen LogP contribution in [0.2, 0.25) is 0 Å².